The molecular formula is C19H30IN5O4. The number of nitro benzene ring substituents is 1. The van der Waals surface area contributed by atoms with Crippen LogP contribution in [0.25, 0.3) is 0 Å². The number of hydrogen-bond donors (Lipinski definition) is 2. The first-order valence-corrected chi connectivity index (χ1v) is 9.92. The van der Waals surface area contributed by atoms with Crippen LogP contribution in [-0.2, 0) is 9.47 Å². The van der Waals surface area contributed by atoms with E-state index in [0.717, 1.165) is 50.7 Å². The summed E-state index contributed by atoms with van der Waals surface area (Å²) in [5.41, 5.74) is 0.932. The Morgan fingerprint density at radius 1 is 1.28 bits per heavy atom. The fourth-order valence-electron chi connectivity index (χ4n) is 3.48. The van der Waals surface area contributed by atoms with Gasteiger partial charge in [0.15, 0.2) is 5.96 Å². The molecule has 0 bridgehead atoms. The van der Waals surface area contributed by atoms with Gasteiger partial charge in [0.2, 0.25) is 0 Å². The van der Waals surface area contributed by atoms with E-state index in [4.69, 9.17) is 14.5 Å². The molecule has 3 rings (SSSR count). The largest absolute Gasteiger partial charge is 0.383 e. The van der Waals surface area contributed by atoms with E-state index in [1.54, 1.807) is 12.1 Å². The molecule has 2 aliphatic rings. The van der Waals surface area contributed by atoms with Crippen molar-refractivity contribution in [2.24, 2.45) is 4.99 Å². The Labute approximate surface area is 188 Å². The molecule has 29 heavy (non-hydrogen) atoms. The fraction of sp³-hybridized carbons (Fsp3) is 0.632. The van der Waals surface area contributed by atoms with Gasteiger partial charge >= 0.3 is 0 Å². The van der Waals surface area contributed by atoms with Crippen LogP contribution in [0.1, 0.15) is 19.8 Å². The van der Waals surface area contributed by atoms with Crippen molar-refractivity contribution in [1.29, 1.82) is 0 Å². The van der Waals surface area contributed by atoms with Gasteiger partial charge in [-0.05, 0) is 31.9 Å². The number of halogens is 1. The Morgan fingerprint density at radius 2 is 2.03 bits per heavy atom. The number of morpholine rings is 1. The van der Waals surface area contributed by atoms with Gasteiger partial charge in [0.05, 0.1) is 24.2 Å². The third kappa shape index (κ3) is 6.96. The summed E-state index contributed by atoms with van der Waals surface area (Å²) < 4.78 is 11.7. The number of ether oxygens (including phenoxy) is 2. The molecule has 0 aromatic heterocycles. The number of benzene rings is 1. The van der Waals surface area contributed by atoms with E-state index in [-0.39, 0.29) is 41.9 Å². The average molecular weight is 519 g/mol. The predicted octanol–water partition coefficient (Wildman–Crippen LogP) is 2.47. The van der Waals surface area contributed by atoms with Crippen LogP contribution >= 0.6 is 24.0 Å². The van der Waals surface area contributed by atoms with Gasteiger partial charge in [0.1, 0.15) is 6.10 Å². The molecule has 0 radical (unpaired) electrons. The predicted molar refractivity (Wildman–Crippen MR) is 123 cm³/mol. The van der Waals surface area contributed by atoms with Crippen LogP contribution in [0.2, 0.25) is 0 Å². The number of nitrogens with zero attached hydrogens (tertiary/aromatic N) is 3. The van der Waals surface area contributed by atoms with Crippen LogP contribution in [0.4, 0.5) is 11.4 Å². The lowest BCUT2D eigenvalue weighted by atomic mass is 10.1. The lowest BCUT2D eigenvalue weighted by molar-refractivity contribution is -0.384. The van der Waals surface area contributed by atoms with Crippen molar-refractivity contribution in [3.05, 3.63) is 34.4 Å². The molecule has 1 aromatic rings. The molecule has 2 unspecified atom stereocenters. The molecule has 2 aliphatic heterocycles. The third-order valence-electron chi connectivity index (χ3n) is 4.89. The average Bonchev–Trinajstić information content (AvgIpc) is 3.26. The number of nitrogens with one attached hydrogen (secondary N) is 2. The number of hydrogen-bond acceptors (Lipinski definition) is 6. The minimum absolute atomic E-state index is 0. The summed E-state index contributed by atoms with van der Waals surface area (Å²) in [6.07, 6.45) is 2.45. The van der Waals surface area contributed by atoms with Gasteiger partial charge in [0.25, 0.3) is 5.69 Å². The van der Waals surface area contributed by atoms with Crippen molar-refractivity contribution in [3.8, 4) is 0 Å². The Kier molecular flexibility index (Phi) is 9.88. The highest BCUT2D eigenvalue weighted by Crippen LogP contribution is 2.21. The van der Waals surface area contributed by atoms with E-state index in [1.165, 1.54) is 12.1 Å². The molecule has 2 N–H and O–H groups in total. The van der Waals surface area contributed by atoms with Crippen molar-refractivity contribution in [2.75, 3.05) is 51.3 Å². The highest BCUT2D eigenvalue weighted by Gasteiger charge is 2.32. The van der Waals surface area contributed by atoms with E-state index < -0.39 is 4.92 Å². The first kappa shape index (κ1) is 23.6. The van der Waals surface area contributed by atoms with Crippen LogP contribution in [0, 0.1) is 10.1 Å². The lowest BCUT2D eigenvalue weighted by Crippen LogP contribution is -2.53. The van der Waals surface area contributed by atoms with Crippen molar-refractivity contribution in [1.82, 2.24) is 10.2 Å². The molecule has 9 nitrogen and oxygen atoms in total. The molecule has 0 aliphatic carbocycles. The number of non-ortho nitro benzene ring substituents is 1. The van der Waals surface area contributed by atoms with E-state index in [1.807, 2.05) is 0 Å². The molecule has 0 amide bonds. The monoisotopic (exact) mass is 519 g/mol. The smallest absolute Gasteiger partial charge is 0.269 e. The topological polar surface area (TPSA) is 101 Å². The van der Waals surface area contributed by atoms with Crippen LogP contribution < -0.4 is 10.6 Å². The number of nitro groups is 1. The molecular weight excluding hydrogens is 489 g/mol. The Balaban J connectivity index is 0.00000300. The second-order valence-corrected chi connectivity index (χ2v) is 6.87. The van der Waals surface area contributed by atoms with Crippen LogP contribution in [-0.4, -0.2) is 73.9 Å². The number of rotatable bonds is 7. The molecule has 0 saturated carbocycles. The zero-order valence-electron chi connectivity index (χ0n) is 16.7. The SMILES string of the molecule is CCNC(=NCCNc1ccc([N+](=O)[O-])cc1)N1CCOC(C2CCCO2)C1.I. The number of guanidine groups is 1. The minimum Gasteiger partial charge on any atom is -0.383 e. The van der Waals surface area contributed by atoms with Crippen molar-refractivity contribution >= 4 is 41.3 Å². The summed E-state index contributed by atoms with van der Waals surface area (Å²) in [5.74, 6) is 0.888. The first-order valence-electron chi connectivity index (χ1n) is 9.92. The summed E-state index contributed by atoms with van der Waals surface area (Å²) in [5, 5.41) is 17.3. The van der Waals surface area contributed by atoms with E-state index >= 15 is 0 Å². The van der Waals surface area contributed by atoms with Crippen molar-refractivity contribution in [3.63, 3.8) is 0 Å². The second-order valence-electron chi connectivity index (χ2n) is 6.87. The summed E-state index contributed by atoms with van der Waals surface area (Å²) in [4.78, 5) is 17.3. The summed E-state index contributed by atoms with van der Waals surface area (Å²) in [6, 6.07) is 6.41. The lowest BCUT2D eigenvalue weighted by Gasteiger charge is -2.37. The van der Waals surface area contributed by atoms with Gasteiger partial charge in [-0.15, -0.1) is 24.0 Å². The maximum absolute atomic E-state index is 10.7. The Hall–Kier alpha value is -1.66. The van der Waals surface area contributed by atoms with Gasteiger partial charge < -0.3 is 25.0 Å². The summed E-state index contributed by atoms with van der Waals surface area (Å²) in [6.45, 7) is 7.20. The van der Waals surface area contributed by atoms with Crippen molar-refractivity contribution in [2.45, 2.75) is 32.0 Å². The molecule has 10 heteroatoms. The molecule has 0 spiro atoms. The molecule has 2 fully saturated rings. The molecule has 2 atom stereocenters. The second kappa shape index (κ2) is 12.1. The Morgan fingerprint density at radius 3 is 2.69 bits per heavy atom. The molecule has 2 heterocycles. The quantitative estimate of drug-likeness (QED) is 0.143. The van der Waals surface area contributed by atoms with Crippen LogP contribution in [0.3, 0.4) is 0 Å². The standard InChI is InChI=1S/C19H29N5O4.HI/c1-2-20-19(23-11-13-28-18(14-23)17-4-3-12-27-17)22-10-9-21-15-5-7-16(8-6-15)24(25)26;/h5-8,17-18,21H,2-4,9-14H2,1H3,(H,20,22);1H. The van der Waals surface area contributed by atoms with Gasteiger partial charge in [-0.3, -0.25) is 15.1 Å². The fourth-order valence-corrected chi connectivity index (χ4v) is 3.48. The third-order valence-corrected chi connectivity index (χ3v) is 4.89. The molecule has 2 saturated heterocycles. The zero-order valence-corrected chi connectivity index (χ0v) is 19.0. The molecule has 1 aromatic carbocycles. The van der Waals surface area contributed by atoms with Gasteiger partial charge in [0, 0.05) is 50.6 Å². The Bertz CT molecular complexity index is 667. The highest BCUT2D eigenvalue weighted by atomic mass is 127. The highest BCUT2D eigenvalue weighted by molar-refractivity contribution is 14.0. The van der Waals surface area contributed by atoms with Crippen LogP contribution in [0.15, 0.2) is 29.3 Å². The summed E-state index contributed by atoms with van der Waals surface area (Å²) >= 11 is 0. The van der Waals surface area contributed by atoms with Crippen LogP contribution in [0.5, 0.6) is 0 Å². The van der Waals surface area contributed by atoms with Gasteiger partial charge in [-0.2, -0.15) is 0 Å². The maximum atomic E-state index is 10.7. The zero-order chi connectivity index (χ0) is 19.8. The first-order chi connectivity index (χ1) is 13.7. The summed E-state index contributed by atoms with van der Waals surface area (Å²) in [7, 11) is 0. The maximum Gasteiger partial charge on any atom is 0.269 e. The normalized spacial score (nSPS) is 22.1. The van der Waals surface area contributed by atoms with Gasteiger partial charge in [-0.1, -0.05) is 0 Å². The van der Waals surface area contributed by atoms with E-state index in [9.17, 15) is 10.1 Å². The van der Waals surface area contributed by atoms with E-state index in [0.29, 0.717) is 19.7 Å². The molecule has 162 valence electrons. The van der Waals surface area contributed by atoms with Gasteiger partial charge in [-0.25, -0.2) is 0 Å². The number of aliphatic imine (C=N–C) groups is 1. The minimum atomic E-state index is -0.400. The van der Waals surface area contributed by atoms with Crippen molar-refractivity contribution < 1.29 is 14.4 Å². The van der Waals surface area contributed by atoms with E-state index in [2.05, 4.69) is 22.5 Å². The number of anilines is 1.